The third kappa shape index (κ3) is 3.67. The molecule has 1 aromatic carbocycles. The first-order chi connectivity index (χ1) is 13.3. The summed E-state index contributed by atoms with van der Waals surface area (Å²) in [6, 6.07) is 5.65. The Kier molecular flexibility index (Phi) is 5.58. The molecule has 0 aromatic heterocycles. The van der Waals surface area contributed by atoms with Gasteiger partial charge in [0.15, 0.2) is 0 Å². The molecular weight excluding hydrogens is 356 g/mol. The monoisotopic (exact) mass is 382 g/mol. The SMILES string of the molecule is C=C(O/C=C\C)c1ccc2c(c1)CC1=C2OCC(C)N(CC(=O)N(C)C)C1=O. The summed E-state index contributed by atoms with van der Waals surface area (Å²) in [5, 5.41) is 0. The van der Waals surface area contributed by atoms with E-state index in [1.807, 2.05) is 32.0 Å². The van der Waals surface area contributed by atoms with Crippen LogP contribution in [0, 0.1) is 0 Å². The molecule has 3 rings (SSSR count). The van der Waals surface area contributed by atoms with E-state index in [4.69, 9.17) is 9.47 Å². The molecule has 2 amide bonds. The van der Waals surface area contributed by atoms with Crippen molar-refractivity contribution in [3.63, 3.8) is 0 Å². The highest BCUT2D eigenvalue weighted by Gasteiger charge is 2.36. The van der Waals surface area contributed by atoms with Crippen molar-refractivity contribution in [1.82, 2.24) is 9.80 Å². The topological polar surface area (TPSA) is 59.1 Å². The van der Waals surface area contributed by atoms with Crippen molar-refractivity contribution in [1.29, 1.82) is 0 Å². The van der Waals surface area contributed by atoms with Crippen molar-refractivity contribution in [3.05, 3.63) is 59.4 Å². The third-order valence-electron chi connectivity index (χ3n) is 4.98. The molecule has 2 aliphatic rings. The summed E-state index contributed by atoms with van der Waals surface area (Å²) in [5.41, 5.74) is 3.37. The van der Waals surface area contributed by atoms with Crippen molar-refractivity contribution in [2.75, 3.05) is 27.2 Å². The zero-order valence-electron chi connectivity index (χ0n) is 16.8. The van der Waals surface area contributed by atoms with Crippen molar-refractivity contribution >= 4 is 23.3 Å². The lowest BCUT2D eigenvalue weighted by Crippen LogP contribution is -2.46. The first kappa shape index (κ1) is 19.7. The molecule has 6 heteroatoms. The Labute approximate surface area is 165 Å². The number of likely N-dealkylation sites (N-methyl/N-ethyl adjacent to an activating group) is 1. The Balaban J connectivity index is 1.87. The number of amides is 2. The molecule has 1 aromatic rings. The van der Waals surface area contributed by atoms with Gasteiger partial charge in [0, 0.05) is 31.6 Å². The van der Waals surface area contributed by atoms with Crippen LogP contribution in [0.5, 0.6) is 0 Å². The lowest BCUT2D eigenvalue weighted by Gasteiger charge is -2.28. The zero-order chi connectivity index (χ0) is 20.4. The maximum Gasteiger partial charge on any atom is 0.254 e. The predicted molar refractivity (Wildman–Crippen MR) is 108 cm³/mol. The van der Waals surface area contributed by atoms with Crippen molar-refractivity contribution in [3.8, 4) is 0 Å². The van der Waals surface area contributed by atoms with Gasteiger partial charge < -0.3 is 19.3 Å². The van der Waals surface area contributed by atoms with Gasteiger partial charge >= 0.3 is 0 Å². The van der Waals surface area contributed by atoms with Gasteiger partial charge in [-0.15, -0.1) is 0 Å². The number of hydrogen-bond donors (Lipinski definition) is 0. The Bertz CT molecular complexity index is 883. The number of allylic oxidation sites excluding steroid dienone is 1. The van der Waals surface area contributed by atoms with Crippen LogP contribution in [-0.2, 0) is 25.5 Å². The number of fused-ring (bicyclic) bond motifs is 2. The van der Waals surface area contributed by atoms with E-state index in [0.717, 1.165) is 16.7 Å². The molecule has 0 fully saturated rings. The Hall–Kier alpha value is -3.02. The Morgan fingerprint density at radius 3 is 2.86 bits per heavy atom. The summed E-state index contributed by atoms with van der Waals surface area (Å²) in [4.78, 5) is 28.5. The molecule has 0 spiro atoms. The van der Waals surface area contributed by atoms with Crippen LogP contribution < -0.4 is 0 Å². The van der Waals surface area contributed by atoms with E-state index in [-0.39, 0.29) is 24.4 Å². The minimum absolute atomic E-state index is 0.0444. The van der Waals surface area contributed by atoms with Gasteiger partial charge in [-0.1, -0.05) is 24.8 Å². The van der Waals surface area contributed by atoms with E-state index in [1.165, 1.54) is 4.90 Å². The molecule has 148 valence electrons. The van der Waals surface area contributed by atoms with Crippen LogP contribution in [0.25, 0.3) is 11.5 Å². The van der Waals surface area contributed by atoms with Crippen LogP contribution in [0.3, 0.4) is 0 Å². The summed E-state index contributed by atoms with van der Waals surface area (Å²) in [6.07, 6.45) is 3.84. The van der Waals surface area contributed by atoms with Crippen LogP contribution in [0.4, 0.5) is 0 Å². The summed E-state index contributed by atoms with van der Waals surface area (Å²) >= 11 is 0. The van der Waals surface area contributed by atoms with E-state index in [1.54, 1.807) is 31.3 Å². The molecule has 6 nitrogen and oxygen atoms in total. The number of ether oxygens (including phenoxy) is 2. The van der Waals surface area contributed by atoms with Crippen molar-refractivity contribution in [2.45, 2.75) is 26.3 Å². The molecule has 0 saturated heterocycles. The molecule has 0 radical (unpaired) electrons. The maximum atomic E-state index is 13.2. The van der Waals surface area contributed by atoms with Gasteiger partial charge in [-0.2, -0.15) is 0 Å². The fourth-order valence-corrected chi connectivity index (χ4v) is 3.31. The minimum atomic E-state index is -0.182. The summed E-state index contributed by atoms with van der Waals surface area (Å²) in [7, 11) is 3.37. The van der Waals surface area contributed by atoms with E-state index in [9.17, 15) is 9.59 Å². The van der Waals surface area contributed by atoms with Gasteiger partial charge in [0.2, 0.25) is 5.91 Å². The zero-order valence-corrected chi connectivity index (χ0v) is 16.8. The maximum absolute atomic E-state index is 13.2. The lowest BCUT2D eigenvalue weighted by atomic mass is 10.0. The van der Waals surface area contributed by atoms with Gasteiger partial charge in [-0.05, 0) is 25.5 Å². The summed E-state index contributed by atoms with van der Waals surface area (Å²) in [5.74, 6) is 0.914. The first-order valence-corrected chi connectivity index (χ1v) is 9.31. The smallest absolute Gasteiger partial charge is 0.254 e. The highest BCUT2D eigenvalue weighted by molar-refractivity contribution is 6.04. The van der Waals surface area contributed by atoms with Gasteiger partial charge in [0.1, 0.15) is 24.7 Å². The highest BCUT2D eigenvalue weighted by Crippen LogP contribution is 2.38. The highest BCUT2D eigenvalue weighted by atomic mass is 16.5. The predicted octanol–water partition coefficient (Wildman–Crippen LogP) is 2.81. The van der Waals surface area contributed by atoms with Gasteiger partial charge in [-0.25, -0.2) is 0 Å². The second-order valence-electron chi connectivity index (χ2n) is 7.25. The van der Waals surface area contributed by atoms with E-state index >= 15 is 0 Å². The largest absolute Gasteiger partial charge is 0.490 e. The van der Waals surface area contributed by atoms with Gasteiger partial charge in [-0.3, -0.25) is 9.59 Å². The third-order valence-corrected chi connectivity index (χ3v) is 4.98. The molecule has 1 unspecified atom stereocenters. The quantitative estimate of drug-likeness (QED) is 0.735. The van der Waals surface area contributed by atoms with Crippen LogP contribution >= 0.6 is 0 Å². The fourth-order valence-electron chi connectivity index (χ4n) is 3.31. The number of rotatable bonds is 5. The molecule has 1 aliphatic heterocycles. The molecule has 1 atom stereocenters. The second-order valence-corrected chi connectivity index (χ2v) is 7.25. The van der Waals surface area contributed by atoms with Gasteiger partial charge in [0.25, 0.3) is 5.91 Å². The number of hydrogen-bond acceptors (Lipinski definition) is 4. The Morgan fingerprint density at radius 2 is 2.18 bits per heavy atom. The van der Waals surface area contributed by atoms with Crippen molar-refractivity contribution < 1.29 is 19.1 Å². The number of benzene rings is 1. The molecular formula is C22H26N2O4. The normalized spacial score (nSPS) is 18.5. The van der Waals surface area contributed by atoms with Crippen LogP contribution in [-0.4, -0.2) is 54.9 Å². The van der Waals surface area contributed by atoms with Crippen LogP contribution in [0.15, 0.2) is 42.7 Å². The summed E-state index contributed by atoms with van der Waals surface area (Å²) in [6.45, 7) is 8.11. The second kappa shape index (κ2) is 7.92. The molecule has 1 heterocycles. The molecule has 28 heavy (non-hydrogen) atoms. The average Bonchev–Trinajstić information content (AvgIpc) is 3.00. The van der Waals surface area contributed by atoms with Crippen LogP contribution in [0.2, 0.25) is 0 Å². The minimum Gasteiger partial charge on any atom is -0.490 e. The number of carbonyl (C=O) groups excluding carboxylic acids is 2. The number of carbonyl (C=O) groups is 2. The van der Waals surface area contributed by atoms with Crippen molar-refractivity contribution in [2.24, 2.45) is 0 Å². The summed E-state index contributed by atoms with van der Waals surface area (Å²) < 4.78 is 11.5. The fraction of sp³-hybridized carbons (Fsp3) is 0.364. The number of nitrogens with zero attached hydrogens (tertiary/aromatic N) is 2. The average molecular weight is 382 g/mol. The standard InChI is InChI=1S/C22H26N2O4/c1-6-9-27-15(3)16-7-8-18-17(10-16)11-19-21(18)28-13-14(2)24(22(19)26)12-20(25)23(4)5/h6-10,14H,3,11-13H2,1-2,4-5H3/b9-6-. The van der Waals surface area contributed by atoms with Crippen LogP contribution in [0.1, 0.15) is 30.5 Å². The molecule has 0 N–H and O–H groups in total. The molecule has 0 bridgehead atoms. The molecule has 0 saturated carbocycles. The van der Waals surface area contributed by atoms with E-state index < -0.39 is 0 Å². The van der Waals surface area contributed by atoms with Gasteiger partial charge in [0.05, 0.1) is 17.9 Å². The van der Waals surface area contributed by atoms with E-state index in [0.29, 0.717) is 30.1 Å². The molecule has 1 aliphatic carbocycles. The Morgan fingerprint density at radius 1 is 1.43 bits per heavy atom. The lowest BCUT2D eigenvalue weighted by molar-refractivity contribution is -0.138. The first-order valence-electron chi connectivity index (χ1n) is 9.31. The van der Waals surface area contributed by atoms with E-state index in [2.05, 4.69) is 6.58 Å².